The Morgan fingerprint density at radius 1 is 1.12 bits per heavy atom. The van der Waals surface area contributed by atoms with Crippen molar-refractivity contribution in [2.24, 2.45) is 0 Å². The third-order valence-electron chi connectivity index (χ3n) is 2.78. The summed E-state index contributed by atoms with van der Waals surface area (Å²) >= 11 is 0. The Labute approximate surface area is 96.1 Å². The molecular weight excluding hydrogens is 198 g/mol. The zero-order chi connectivity index (χ0) is 11.5. The molecule has 0 radical (unpaired) electrons. The molecule has 0 amide bonds. The van der Waals surface area contributed by atoms with Gasteiger partial charge in [-0.3, -0.25) is 0 Å². The Balaban J connectivity index is 2.38. The molecule has 0 aliphatic carbocycles. The first-order valence-electron chi connectivity index (χ1n) is 5.52. The van der Waals surface area contributed by atoms with E-state index in [4.69, 9.17) is 0 Å². The highest BCUT2D eigenvalue weighted by Gasteiger charge is 2.02. The Bertz CT molecular complexity index is 491. The van der Waals surface area contributed by atoms with Crippen LogP contribution in [0.25, 0.3) is 10.8 Å². The van der Waals surface area contributed by atoms with Gasteiger partial charge >= 0.3 is 0 Å². The minimum atomic E-state index is 0.331. The van der Waals surface area contributed by atoms with Gasteiger partial charge in [0.1, 0.15) is 5.75 Å². The van der Waals surface area contributed by atoms with E-state index in [9.17, 15) is 5.11 Å². The number of phenols is 1. The van der Waals surface area contributed by atoms with Crippen LogP contribution in [0.1, 0.15) is 5.56 Å². The first kappa shape index (κ1) is 11.0. The molecule has 84 valence electrons. The topological polar surface area (TPSA) is 23.5 Å². The Morgan fingerprint density at radius 3 is 2.69 bits per heavy atom. The maximum atomic E-state index is 9.43. The molecule has 2 aromatic carbocycles. The van der Waals surface area contributed by atoms with Crippen LogP contribution < -0.4 is 0 Å². The molecule has 2 rings (SSSR count). The second-order valence-electron chi connectivity index (χ2n) is 4.38. The summed E-state index contributed by atoms with van der Waals surface area (Å²) in [6, 6.07) is 11.8. The molecule has 0 heterocycles. The molecule has 0 fully saturated rings. The molecule has 1 N–H and O–H groups in total. The minimum absolute atomic E-state index is 0.331. The second-order valence-corrected chi connectivity index (χ2v) is 4.38. The molecule has 0 aromatic heterocycles. The number of fused-ring (bicyclic) bond motifs is 1. The van der Waals surface area contributed by atoms with Crippen molar-refractivity contribution in [2.45, 2.75) is 6.42 Å². The molecule has 2 aromatic rings. The average molecular weight is 215 g/mol. The highest BCUT2D eigenvalue weighted by atomic mass is 16.3. The molecular formula is C14H17NO. The van der Waals surface area contributed by atoms with Crippen LogP contribution in [-0.2, 0) is 6.42 Å². The van der Waals surface area contributed by atoms with Gasteiger partial charge in [0.05, 0.1) is 0 Å². The summed E-state index contributed by atoms with van der Waals surface area (Å²) < 4.78 is 0. The minimum Gasteiger partial charge on any atom is -0.508 e. The molecule has 0 saturated heterocycles. The smallest absolute Gasteiger partial charge is 0.116 e. The zero-order valence-corrected chi connectivity index (χ0v) is 9.77. The number of nitrogens with zero attached hydrogens (tertiary/aromatic N) is 1. The zero-order valence-electron chi connectivity index (χ0n) is 9.77. The van der Waals surface area contributed by atoms with Crippen molar-refractivity contribution in [1.82, 2.24) is 4.90 Å². The largest absolute Gasteiger partial charge is 0.508 e. The van der Waals surface area contributed by atoms with Gasteiger partial charge in [-0.05, 0) is 49.0 Å². The third kappa shape index (κ3) is 2.34. The van der Waals surface area contributed by atoms with E-state index in [0.717, 1.165) is 18.4 Å². The predicted molar refractivity (Wildman–Crippen MR) is 67.9 cm³/mol. The Hall–Kier alpha value is -1.54. The molecule has 16 heavy (non-hydrogen) atoms. The van der Waals surface area contributed by atoms with Crippen LogP contribution in [0, 0.1) is 0 Å². The molecule has 0 bridgehead atoms. The van der Waals surface area contributed by atoms with Crippen LogP contribution in [0.5, 0.6) is 5.75 Å². The van der Waals surface area contributed by atoms with E-state index in [1.165, 1.54) is 10.9 Å². The molecule has 0 spiro atoms. The Morgan fingerprint density at radius 2 is 1.94 bits per heavy atom. The lowest BCUT2D eigenvalue weighted by atomic mass is 10.0. The fourth-order valence-electron chi connectivity index (χ4n) is 1.90. The predicted octanol–water partition coefficient (Wildman–Crippen LogP) is 2.65. The van der Waals surface area contributed by atoms with E-state index in [1.807, 2.05) is 24.3 Å². The lowest BCUT2D eigenvalue weighted by Gasteiger charge is -2.11. The maximum Gasteiger partial charge on any atom is 0.116 e. The van der Waals surface area contributed by atoms with Gasteiger partial charge in [-0.25, -0.2) is 0 Å². The highest BCUT2D eigenvalue weighted by molar-refractivity contribution is 5.86. The number of phenolic OH excluding ortho intramolecular Hbond substituents is 1. The summed E-state index contributed by atoms with van der Waals surface area (Å²) in [7, 11) is 4.16. The van der Waals surface area contributed by atoms with Crippen LogP contribution in [0.4, 0.5) is 0 Å². The van der Waals surface area contributed by atoms with E-state index in [0.29, 0.717) is 5.75 Å². The standard InChI is InChI=1S/C14H17NO/c1-15(2)9-8-11-4-3-5-12-10-13(16)6-7-14(11)12/h3-7,10,16H,8-9H2,1-2H3. The van der Waals surface area contributed by atoms with Crippen molar-refractivity contribution in [3.63, 3.8) is 0 Å². The lowest BCUT2D eigenvalue weighted by molar-refractivity contribution is 0.414. The highest BCUT2D eigenvalue weighted by Crippen LogP contribution is 2.23. The van der Waals surface area contributed by atoms with Crippen LogP contribution >= 0.6 is 0 Å². The molecule has 0 atom stereocenters. The second kappa shape index (κ2) is 4.54. The quantitative estimate of drug-likeness (QED) is 0.850. The molecule has 0 aliphatic heterocycles. The van der Waals surface area contributed by atoms with Crippen LogP contribution in [0.2, 0.25) is 0 Å². The number of aromatic hydroxyl groups is 1. The first-order chi connectivity index (χ1) is 7.66. The summed E-state index contributed by atoms with van der Waals surface area (Å²) in [5.41, 5.74) is 1.34. The van der Waals surface area contributed by atoms with Gasteiger partial charge in [-0.1, -0.05) is 24.3 Å². The van der Waals surface area contributed by atoms with E-state index in [1.54, 1.807) is 6.07 Å². The van der Waals surface area contributed by atoms with E-state index in [-0.39, 0.29) is 0 Å². The number of rotatable bonds is 3. The first-order valence-corrected chi connectivity index (χ1v) is 5.52. The van der Waals surface area contributed by atoms with E-state index < -0.39 is 0 Å². The van der Waals surface area contributed by atoms with Crippen molar-refractivity contribution in [2.75, 3.05) is 20.6 Å². The van der Waals surface area contributed by atoms with Crippen molar-refractivity contribution in [3.8, 4) is 5.75 Å². The van der Waals surface area contributed by atoms with Gasteiger partial charge in [0.15, 0.2) is 0 Å². The SMILES string of the molecule is CN(C)CCc1cccc2cc(O)ccc12. The Kier molecular flexibility index (Phi) is 3.11. The molecule has 0 unspecified atom stereocenters. The number of benzene rings is 2. The van der Waals surface area contributed by atoms with Crippen molar-refractivity contribution < 1.29 is 5.11 Å². The van der Waals surface area contributed by atoms with Gasteiger partial charge in [0.2, 0.25) is 0 Å². The summed E-state index contributed by atoms with van der Waals surface area (Å²) in [4.78, 5) is 2.18. The van der Waals surface area contributed by atoms with Crippen LogP contribution in [0.3, 0.4) is 0 Å². The van der Waals surface area contributed by atoms with Gasteiger partial charge < -0.3 is 10.0 Å². The van der Waals surface area contributed by atoms with Gasteiger partial charge in [-0.2, -0.15) is 0 Å². The van der Waals surface area contributed by atoms with E-state index in [2.05, 4.69) is 25.1 Å². The van der Waals surface area contributed by atoms with Crippen LogP contribution in [-0.4, -0.2) is 30.6 Å². The van der Waals surface area contributed by atoms with Crippen molar-refractivity contribution in [3.05, 3.63) is 42.0 Å². The molecule has 0 saturated carbocycles. The van der Waals surface area contributed by atoms with Crippen molar-refractivity contribution >= 4 is 10.8 Å². The number of hydrogen-bond donors (Lipinski definition) is 1. The van der Waals surface area contributed by atoms with Crippen molar-refractivity contribution in [1.29, 1.82) is 0 Å². The third-order valence-corrected chi connectivity index (χ3v) is 2.78. The molecule has 2 heteroatoms. The summed E-state index contributed by atoms with van der Waals surface area (Å²) in [6.07, 6.45) is 1.04. The summed E-state index contributed by atoms with van der Waals surface area (Å²) in [6.45, 7) is 1.04. The number of likely N-dealkylation sites (N-methyl/N-ethyl adjacent to an activating group) is 1. The molecule has 0 aliphatic rings. The monoisotopic (exact) mass is 215 g/mol. The number of hydrogen-bond acceptors (Lipinski definition) is 2. The average Bonchev–Trinajstić information content (AvgIpc) is 2.25. The summed E-state index contributed by atoms with van der Waals surface area (Å²) in [5.74, 6) is 0.331. The van der Waals surface area contributed by atoms with Gasteiger partial charge in [-0.15, -0.1) is 0 Å². The van der Waals surface area contributed by atoms with Crippen LogP contribution in [0.15, 0.2) is 36.4 Å². The van der Waals surface area contributed by atoms with Gasteiger partial charge in [0.25, 0.3) is 0 Å². The normalized spacial score (nSPS) is 11.2. The summed E-state index contributed by atoms with van der Waals surface area (Å²) in [5, 5.41) is 11.8. The fourth-order valence-corrected chi connectivity index (χ4v) is 1.90. The fraction of sp³-hybridized carbons (Fsp3) is 0.286. The maximum absolute atomic E-state index is 9.43. The molecule has 2 nitrogen and oxygen atoms in total. The van der Waals surface area contributed by atoms with Gasteiger partial charge in [0, 0.05) is 6.54 Å². The van der Waals surface area contributed by atoms with E-state index >= 15 is 0 Å². The lowest BCUT2D eigenvalue weighted by Crippen LogP contribution is -2.15.